The Balaban J connectivity index is 1.58. The first kappa shape index (κ1) is 15.1. The number of fused-ring (bicyclic) bond motifs is 1. The molecule has 1 N–H and O–H groups in total. The van der Waals surface area contributed by atoms with Crippen molar-refractivity contribution in [1.82, 2.24) is 5.32 Å². The number of amidine groups is 1. The van der Waals surface area contributed by atoms with E-state index in [2.05, 4.69) is 10.3 Å². The lowest BCUT2D eigenvalue weighted by Gasteiger charge is -1.98. The standard InChI is InChI=1S/C17H11ClN2O3S/c18-11-2-1-3-12(8-11)19-17-20-16(21)15(24-17)7-10-4-5-13-14(6-10)23-9-22-13/h1-8H,9H2,(H,19,20,21)/b15-7+. The zero-order chi connectivity index (χ0) is 16.5. The Kier molecular flexibility index (Phi) is 3.92. The van der Waals surface area contributed by atoms with Crippen molar-refractivity contribution in [2.75, 3.05) is 6.79 Å². The van der Waals surface area contributed by atoms with Crippen molar-refractivity contribution in [3.63, 3.8) is 0 Å². The van der Waals surface area contributed by atoms with E-state index in [4.69, 9.17) is 21.1 Å². The van der Waals surface area contributed by atoms with E-state index in [0.717, 1.165) is 5.56 Å². The summed E-state index contributed by atoms with van der Waals surface area (Å²) in [6.07, 6.45) is 1.79. The number of hydrogen-bond donors (Lipinski definition) is 1. The molecular weight excluding hydrogens is 348 g/mol. The molecule has 2 aliphatic heterocycles. The Labute approximate surface area is 147 Å². The minimum atomic E-state index is -0.182. The van der Waals surface area contributed by atoms with Gasteiger partial charge in [0.1, 0.15) is 0 Å². The molecule has 4 rings (SSSR count). The molecule has 0 unspecified atom stereocenters. The molecule has 2 heterocycles. The van der Waals surface area contributed by atoms with E-state index in [1.165, 1.54) is 11.8 Å². The van der Waals surface area contributed by atoms with Crippen LogP contribution in [0.2, 0.25) is 5.02 Å². The lowest BCUT2D eigenvalue weighted by Crippen LogP contribution is -2.19. The maximum atomic E-state index is 12.1. The van der Waals surface area contributed by atoms with Crippen LogP contribution in [0, 0.1) is 0 Å². The lowest BCUT2D eigenvalue weighted by molar-refractivity contribution is -0.115. The van der Waals surface area contributed by atoms with Crippen LogP contribution in [-0.2, 0) is 4.79 Å². The Hall–Kier alpha value is -2.44. The van der Waals surface area contributed by atoms with Crippen LogP contribution < -0.4 is 14.8 Å². The second-order valence-corrected chi connectivity index (χ2v) is 6.54. The molecule has 1 fully saturated rings. The van der Waals surface area contributed by atoms with Gasteiger partial charge in [-0.1, -0.05) is 23.7 Å². The molecule has 1 saturated heterocycles. The Bertz CT molecular complexity index is 895. The van der Waals surface area contributed by atoms with Gasteiger partial charge in [0.15, 0.2) is 16.7 Å². The number of rotatable bonds is 2. The zero-order valence-corrected chi connectivity index (χ0v) is 13.9. The second kappa shape index (κ2) is 6.22. The SMILES string of the molecule is O=C1NC(=Nc2cccc(Cl)c2)S/C1=C/c1ccc2c(c1)OCO2. The Morgan fingerprint density at radius 3 is 2.92 bits per heavy atom. The van der Waals surface area contributed by atoms with E-state index in [-0.39, 0.29) is 12.7 Å². The number of nitrogens with zero attached hydrogens (tertiary/aromatic N) is 1. The summed E-state index contributed by atoms with van der Waals surface area (Å²) < 4.78 is 10.6. The van der Waals surface area contributed by atoms with E-state index < -0.39 is 0 Å². The number of carbonyl (C=O) groups excluding carboxylic acids is 1. The van der Waals surface area contributed by atoms with Crippen LogP contribution in [-0.4, -0.2) is 17.9 Å². The van der Waals surface area contributed by atoms with Crippen LogP contribution >= 0.6 is 23.4 Å². The van der Waals surface area contributed by atoms with Gasteiger partial charge in [0.25, 0.3) is 5.91 Å². The number of thioether (sulfide) groups is 1. The van der Waals surface area contributed by atoms with Gasteiger partial charge in [-0.05, 0) is 53.7 Å². The molecule has 7 heteroatoms. The summed E-state index contributed by atoms with van der Waals surface area (Å²) in [5.41, 5.74) is 1.55. The Morgan fingerprint density at radius 2 is 2.04 bits per heavy atom. The molecule has 0 saturated carbocycles. The van der Waals surface area contributed by atoms with Crippen LogP contribution in [0.1, 0.15) is 5.56 Å². The third-order valence-corrected chi connectivity index (χ3v) is 4.53. The second-order valence-electron chi connectivity index (χ2n) is 5.07. The molecule has 0 bridgehead atoms. The fourth-order valence-electron chi connectivity index (χ4n) is 2.30. The molecule has 0 spiro atoms. The van der Waals surface area contributed by atoms with Crippen molar-refractivity contribution < 1.29 is 14.3 Å². The molecule has 0 atom stereocenters. The highest BCUT2D eigenvalue weighted by atomic mass is 35.5. The highest BCUT2D eigenvalue weighted by Gasteiger charge is 2.24. The molecule has 24 heavy (non-hydrogen) atoms. The van der Waals surface area contributed by atoms with Crippen molar-refractivity contribution in [1.29, 1.82) is 0 Å². The van der Waals surface area contributed by atoms with Crippen LogP contribution in [0.15, 0.2) is 52.4 Å². The summed E-state index contributed by atoms with van der Waals surface area (Å²) in [7, 11) is 0. The highest BCUT2D eigenvalue weighted by molar-refractivity contribution is 8.18. The number of hydrogen-bond acceptors (Lipinski definition) is 5. The summed E-state index contributed by atoms with van der Waals surface area (Å²) in [5.74, 6) is 1.21. The fourth-order valence-corrected chi connectivity index (χ4v) is 3.32. The van der Waals surface area contributed by atoms with Gasteiger partial charge >= 0.3 is 0 Å². The number of carbonyl (C=O) groups is 1. The Morgan fingerprint density at radius 1 is 1.17 bits per heavy atom. The normalized spacial score (nSPS) is 19.1. The van der Waals surface area contributed by atoms with Crippen molar-refractivity contribution in [3.05, 3.63) is 58.0 Å². The number of halogens is 1. The van der Waals surface area contributed by atoms with Crippen LogP contribution in [0.3, 0.4) is 0 Å². The van der Waals surface area contributed by atoms with Crippen LogP contribution in [0.4, 0.5) is 5.69 Å². The maximum Gasteiger partial charge on any atom is 0.264 e. The molecule has 120 valence electrons. The summed E-state index contributed by atoms with van der Waals surface area (Å²) in [6.45, 7) is 0.223. The van der Waals surface area contributed by atoms with E-state index in [1.807, 2.05) is 30.3 Å². The minimum absolute atomic E-state index is 0.182. The van der Waals surface area contributed by atoms with E-state index in [9.17, 15) is 4.79 Å². The average Bonchev–Trinajstić information content (AvgIpc) is 3.14. The first-order chi connectivity index (χ1) is 11.7. The number of ether oxygens (including phenoxy) is 2. The van der Waals surface area contributed by atoms with Crippen LogP contribution in [0.5, 0.6) is 11.5 Å². The number of aliphatic imine (C=N–C) groups is 1. The molecule has 5 nitrogen and oxygen atoms in total. The third kappa shape index (κ3) is 3.11. The largest absolute Gasteiger partial charge is 0.454 e. The minimum Gasteiger partial charge on any atom is -0.454 e. The van der Waals surface area contributed by atoms with Gasteiger partial charge in [0.2, 0.25) is 6.79 Å². The monoisotopic (exact) mass is 358 g/mol. The van der Waals surface area contributed by atoms with Gasteiger partial charge < -0.3 is 14.8 Å². The van der Waals surface area contributed by atoms with Crippen LogP contribution in [0.25, 0.3) is 6.08 Å². The zero-order valence-electron chi connectivity index (χ0n) is 12.3. The summed E-state index contributed by atoms with van der Waals surface area (Å²) in [5, 5.41) is 3.87. The number of benzene rings is 2. The molecule has 0 radical (unpaired) electrons. The smallest absolute Gasteiger partial charge is 0.264 e. The van der Waals surface area contributed by atoms with Gasteiger partial charge in [-0.25, -0.2) is 4.99 Å². The van der Waals surface area contributed by atoms with E-state index in [1.54, 1.807) is 18.2 Å². The van der Waals surface area contributed by atoms with Gasteiger partial charge in [-0.2, -0.15) is 0 Å². The van der Waals surface area contributed by atoms with Crippen molar-refractivity contribution >= 4 is 46.2 Å². The molecule has 0 aromatic heterocycles. The molecule has 0 aliphatic carbocycles. The number of nitrogens with one attached hydrogen (secondary N) is 1. The summed E-state index contributed by atoms with van der Waals surface area (Å²) in [6, 6.07) is 12.7. The number of amides is 1. The van der Waals surface area contributed by atoms with E-state index >= 15 is 0 Å². The molecule has 1 amide bonds. The first-order valence-electron chi connectivity index (χ1n) is 7.12. The first-order valence-corrected chi connectivity index (χ1v) is 8.32. The van der Waals surface area contributed by atoms with Crippen molar-refractivity contribution in [2.24, 2.45) is 4.99 Å². The van der Waals surface area contributed by atoms with E-state index in [0.29, 0.717) is 32.3 Å². The van der Waals surface area contributed by atoms with Crippen molar-refractivity contribution in [2.45, 2.75) is 0 Å². The lowest BCUT2D eigenvalue weighted by atomic mass is 10.2. The topological polar surface area (TPSA) is 59.9 Å². The summed E-state index contributed by atoms with van der Waals surface area (Å²) in [4.78, 5) is 17.1. The molecular formula is C17H11ClN2O3S. The fraction of sp³-hybridized carbons (Fsp3) is 0.0588. The maximum absolute atomic E-state index is 12.1. The molecule has 2 aliphatic rings. The van der Waals surface area contributed by atoms with Gasteiger partial charge in [-0.3, -0.25) is 4.79 Å². The molecule has 2 aromatic rings. The molecule has 2 aromatic carbocycles. The predicted molar refractivity (Wildman–Crippen MR) is 94.8 cm³/mol. The third-order valence-electron chi connectivity index (χ3n) is 3.38. The van der Waals surface area contributed by atoms with Gasteiger partial charge in [0.05, 0.1) is 10.6 Å². The van der Waals surface area contributed by atoms with Crippen molar-refractivity contribution in [3.8, 4) is 11.5 Å². The highest BCUT2D eigenvalue weighted by Crippen LogP contribution is 2.34. The van der Waals surface area contributed by atoms with Gasteiger partial charge in [-0.15, -0.1) is 0 Å². The summed E-state index contributed by atoms with van der Waals surface area (Å²) >= 11 is 7.23. The quantitative estimate of drug-likeness (QED) is 0.825. The predicted octanol–water partition coefficient (Wildman–Crippen LogP) is 3.96. The van der Waals surface area contributed by atoms with Gasteiger partial charge in [0, 0.05) is 5.02 Å². The average molecular weight is 359 g/mol.